The normalized spacial score (nSPS) is 33.5. The molecule has 0 aliphatic carbocycles. The minimum atomic E-state index is 0.0422. The maximum atomic E-state index is 5.77. The highest BCUT2D eigenvalue weighted by atomic mass is 32.1. The van der Waals surface area contributed by atoms with Crippen LogP contribution < -0.4 is 0 Å². The zero-order valence-electron chi connectivity index (χ0n) is 7.88. The van der Waals surface area contributed by atoms with E-state index in [0.29, 0.717) is 0 Å². The van der Waals surface area contributed by atoms with Gasteiger partial charge in [-0.2, -0.15) is 0 Å². The average Bonchev–Trinajstić information content (AvgIpc) is 2.05. The first-order valence-corrected chi connectivity index (χ1v) is 6.03. The summed E-state index contributed by atoms with van der Waals surface area (Å²) in [6.45, 7) is 0.924. The van der Waals surface area contributed by atoms with Crippen LogP contribution in [0.15, 0.2) is 0 Å². The molecule has 0 N–H and O–H groups in total. The van der Waals surface area contributed by atoms with E-state index in [1.807, 2.05) is 0 Å². The van der Waals surface area contributed by atoms with Crippen LogP contribution in [0.25, 0.3) is 0 Å². The molecule has 1 aliphatic heterocycles. The molecule has 1 aliphatic rings. The van der Waals surface area contributed by atoms with Gasteiger partial charge in [0, 0.05) is 30.4 Å². The topological polar surface area (TPSA) is 18.5 Å². The van der Waals surface area contributed by atoms with E-state index in [-0.39, 0.29) is 10.7 Å². The predicted molar refractivity (Wildman–Crippen MR) is 56.9 cm³/mol. The molecule has 0 aromatic rings. The summed E-state index contributed by atoms with van der Waals surface area (Å²) in [7, 11) is 2.78. The van der Waals surface area contributed by atoms with Crippen molar-refractivity contribution in [2.24, 2.45) is 0 Å². The van der Waals surface area contributed by atoms with Crippen molar-refractivity contribution in [1.29, 1.82) is 0 Å². The third kappa shape index (κ3) is 3.09. The molecule has 1 saturated heterocycles. The first-order valence-electron chi connectivity index (χ1n) is 4.51. The molecule has 2 unspecified atom stereocenters. The van der Waals surface area contributed by atoms with E-state index >= 15 is 0 Å². The lowest BCUT2D eigenvalue weighted by atomic mass is 10.1. The fourth-order valence-corrected chi connectivity index (χ4v) is 3.26. The summed E-state index contributed by atoms with van der Waals surface area (Å²) >= 11 is 4.31. The third-order valence-electron chi connectivity index (χ3n) is 2.43. The molecule has 2 nitrogen and oxygen atoms in total. The minimum absolute atomic E-state index is 0.0422. The molecule has 0 saturated carbocycles. The predicted octanol–water partition coefficient (Wildman–Crippen LogP) is 0.541. The van der Waals surface area contributed by atoms with Crippen LogP contribution in [0.2, 0.25) is 0 Å². The van der Waals surface area contributed by atoms with Gasteiger partial charge >= 0.3 is 0 Å². The van der Waals surface area contributed by atoms with Crippen LogP contribution in [0.1, 0.15) is 25.7 Å². The number of thiol groups is 1. The van der Waals surface area contributed by atoms with Gasteiger partial charge in [0.25, 0.3) is 0 Å². The summed E-state index contributed by atoms with van der Waals surface area (Å²) in [6.07, 6.45) is 4.65. The van der Waals surface area contributed by atoms with Gasteiger partial charge < -0.3 is 9.47 Å². The molecule has 0 amide bonds. The number of hydrogen-bond donors (Lipinski definition) is 1. The molecule has 72 valence electrons. The van der Waals surface area contributed by atoms with E-state index in [0.717, 1.165) is 23.3 Å². The Morgan fingerprint density at radius 3 is 2.92 bits per heavy atom. The van der Waals surface area contributed by atoms with E-state index < -0.39 is 0 Å². The van der Waals surface area contributed by atoms with Gasteiger partial charge in [0.1, 0.15) is 5.44 Å². The molecule has 0 aromatic heterocycles. The van der Waals surface area contributed by atoms with Crippen molar-refractivity contribution in [3.63, 3.8) is 0 Å². The lowest BCUT2D eigenvalue weighted by Crippen LogP contribution is -2.39. The molecular weight excluding hydrogens is 188 g/mol. The summed E-state index contributed by atoms with van der Waals surface area (Å²) in [4.78, 5) is 0. The van der Waals surface area contributed by atoms with Crippen molar-refractivity contribution in [2.75, 3.05) is 13.7 Å². The van der Waals surface area contributed by atoms with E-state index in [2.05, 4.69) is 12.6 Å². The van der Waals surface area contributed by atoms with Gasteiger partial charge in [0.05, 0.1) is 5.22 Å². The van der Waals surface area contributed by atoms with Crippen LogP contribution in [0.5, 0.6) is 0 Å². The Bertz CT molecular complexity index is 137. The van der Waals surface area contributed by atoms with Crippen molar-refractivity contribution in [2.45, 2.75) is 36.3 Å². The summed E-state index contributed by atoms with van der Waals surface area (Å²) in [5, 5.41) is 0.140. The van der Waals surface area contributed by atoms with Gasteiger partial charge in [-0.3, -0.25) is 0 Å². The highest BCUT2D eigenvalue weighted by molar-refractivity contribution is 7.80. The highest BCUT2D eigenvalue weighted by Gasteiger charge is 2.29. The minimum Gasteiger partial charge on any atom is -0.379 e. The molecule has 0 bridgehead atoms. The van der Waals surface area contributed by atoms with Crippen molar-refractivity contribution in [3.05, 3.63) is 0 Å². The molecule has 1 fully saturated rings. The lowest BCUT2D eigenvalue weighted by Gasteiger charge is -2.35. The van der Waals surface area contributed by atoms with Gasteiger partial charge in [-0.15, -0.1) is 12.6 Å². The summed E-state index contributed by atoms with van der Waals surface area (Å²) in [5.41, 5.74) is 0.0422. The largest absolute Gasteiger partial charge is 0.379 e. The monoisotopic (exact) mass is 206 g/mol. The van der Waals surface area contributed by atoms with E-state index in [9.17, 15) is 0 Å². The summed E-state index contributed by atoms with van der Waals surface area (Å²) < 4.78 is 10.9. The Morgan fingerprint density at radius 1 is 1.67 bits per heavy atom. The van der Waals surface area contributed by atoms with Gasteiger partial charge in [0.2, 0.25) is 0 Å². The number of rotatable bonds is 3. The Hall–Kier alpha value is 0.487. The zero-order valence-corrected chi connectivity index (χ0v) is 10.8. The number of ether oxygens (including phenoxy) is 2. The Balaban J connectivity index is 2.35. The zero-order chi connectivity index (χ0) is 9.03. The fourth-order valence-electron chi connectivity index (χ4n) is 1.61. The van der Waals surface area contributed by atoms with Crippen molar-refractivity contribution in [3.8, 4) is 0 Å². The standard InChI is InChI=1S/C8H18O2SSi/c1-9-7(11)6-8(12)4-2-3-5-10-8/h7,11H,2-6H2,1,12H3. The van der Waals surface area contributed by atoms with E-state index in [1.165, 1.54) is 19.3 Å². The second kappa shape index (κ2) is 4.65. The van der Waals surface area contributed by atoms with Crippen LogP contribution in [0.3, 0.4) is 0 Å². The van der Waals surface area contributed by atoms with Gasteiger partial charge in [-0.25, -0.2) is 0 Å². The molecule has 0 aromatic carbocycles. The van der Waals surface area contributed by atoms with Crippen LogP contribution in [0.4, 0.5) is 0 Å². The second-order valence-corrected chi connectivity index (χ2v) is 6.05. The van der Waals surface area contributed by atoms with Crippen LogP contribution >= 0.6 is 12.6 Å². The van der Waals surface area contributed by atoms with Crippen molar-refractivity contribution < 1.29 is 9.47 Å². The fraction of sp³-hybridized carbons (Fsp3) is 1.00. The smallest absolute Gasteiger partial charge is 0.102 e. The maximum Gasteiger partial charge on any atom is 0.102 e. The highest BCUT2D eigenvalue weighted by Crippen LogP contribution is 2.27. The molecule has 1 rings (SSSR count). The average molecular weight is 206 g/mol. The van der Waals surface area contributed by atoms with Gasteiger partial charge in [0.15, 0.2) is 0 Å². The molecule has 12 heavy (non-hydrogen) atoms. The first-order chi connectivity index (χ1) is 5.66. The van der Waals surface area contributed by atoms with Crippen molar-refractivity contribution >= 4 is 22.9 Å². The van der Waals surface area contributed by atoms with Gasteiger partial charge in [-0.1, -0.05) is 0 Å². The molecule has 0 spiro atoms. The van der Waals surface area contributed by atoms with Crippen molar-refractivity contribution in [1.82, 2.24) is 0 Å². The second-order valence-electron chi connectivity index (χ2n) is 3.65. The quantitative estimate of drug-likeness (QED) is 0.413. The Kier molecular flexibility index (Phi) is 4.09. The Morgan fingerprint density at radius 2 is 2.42 bits per heavy atom. The maximum absolute atomic E-state index is 5.77. The van der Waals surface area contributed by atoms with Gasteiger partial charge in [-0.05, 0) is 19.3 Å². The number of hydrogen-bond acceptors (Lipinski definition) is 3. The first kappa shape index (κ1) is 10.6. The number of methoxy groups -OCH3 is 1. The van der Waals surface area contributed by atoms with E-state index in [4.69, 9.17) is 9.47 Å². The molecule has 4 heteroatoms. The SMILES string of the molecule is COC(S)CC1([SiH3])CCCCO1. The van der Waals surface area contributed by atoms with E-state index in [1.54, 1.807) is 7.11 Å². The molecule has 1 heterocycles. The Labute approximate surface area is 82.8 Å². The molecule has 0 radical (unpaired) electrons. The summed E-state index contributed by atoms with van der Waals surface area (Å²) in [6, 6.07) is 0. The lowest BCUT2D eigenvalue weighted by molar-refractivity contribution is -0.0388. The van der Waals surface area contributed by atoms with Crippen LogP contribution in [-0.2, 0) is 9.47 Å². The van der Waals surface area contributed by atoms with Crippen LogP contribution in [0, 0.1) is 0 Å². The third-order valence-corrected chi connectivity index (χ3v) is 4.02. The van der Waals surface area contributed by atoms with Crippen LogP contribution in [-0.4, -0.2) is 34.6 Å². The molecule has 2 atom stereocenters. The summed E-state index contributed by atoms with van der Waals surface area (Å²) in [5.74, 6) is 0. The molecular formula is C8H18O2SSi.